The molecule has 2 aliphatic rings. The van der Waals surface area contributed by atoms with Crippen LogP contribution in [-0.2, 0) is 19.6 Å². The molecule has 142 valence electrons. The molecule has 0 aliphatic carbocycles. The van der Waals surface area contributed by atoms with Gasteiger partial charge in [0.2, 0.25) is 15.9 Å². The van der Waals surface area contributed by atoms with Gasteiger partial charge in [-0.15, -0.1) is 0 Å². The lowest BCUT2D eigenvalue weighted by Gasteiger charge is -2.19. The highest BCUT2D eigenvalue weighted by Crippen LogP contribution is 2.39. The number of halogens is 1. The summed E-state index contributed by atoms with van der Waals surface area (Å²) in [7, 11) is -3.84. The van der Waals surface area contributed by atoms with E-state index >= 15 is 0 Å². The molecule has 9 heteroatoms. The van der Waals surface area contributed by atoms with E-state index in [1.807, 2.05) is 0 Å². The van der Waals surface area contributed by atoms with Crippen LogP contribution in [0.1, 0.15) is 37.0 Å². The molecule has 2 saturated heterocycles. The van der Waals surface area contributed by atoms with E-state index < -0.39 is 21.3 Å². The molecule has 1 aromatic carbocycles. The molecule has 2 aliphatic heterocycles. The molecule has 1 aromatic rings. The van der Waals surface area contributed by atoms with Gasteiger partial charge in [-0.3, -0.25) is 9.59 Å². The molecule has 2 heterocycles. The fourth-order valence-corrected chi connectivity index (χ4v) is 5.53. The molecular weight excluding hydrogens is 380 g/mol. The Kier molecular flexibility index (Phi) is 5.02. The first-order valence-corrected chi connectivity index (χ1v) is 10.4. The highest BCUT2D eigenvalue weighted by atomic mass is 35.5. The number of anilines is 1. The van der Waals surface area contributed by atoms with Gasteiger partial charge in [-0.1, -0.05) is 11.6 Å². The maximum Gasteiger partial charge on any atom is 0.251 e. The predicted octanol–water partition coefficient (Wildman–Crippen LogP) is 1.95. The number of amides is 2. The minimum absolute atomic E-state index is 0.00649. The minimum atomic E-state index is -3.84. The van der Waals surface area contributed by atoms with Gasteiger partial charge >= 0.3 is 0 Å². The summed E-state index contributed by atoms with van der Waals surface area (Å²) in [5.74, 6) is -1.23. The summed E-state index contributed by atoms with van der Waals surface area (Å²) in [6.45, 7) is 4.21. The number of nitrogens with one attached hydrogen (secondary N) is 1. The van der Waals surface area contributed by atoms with Crippen molar-refractivity contribution in [2.75, 3.05) is 23.2 Å². The summed E-state index contributed by atoms with van der Waals surface area (Å²) in [6.07, 6.45) is 1.85. The van der Waals surface area contributed by atoms with Crippen LogP contribution in [0, 0.1) is 5.41 Å². The van der Waals surface area contributed by atoms with Gasteiger partial charge in [0.25, 0.3) is 5.91 Å². The molecule has 0 bridgehead atoms. The number of benzene rings is 1. The number of rotatable bonds is 4. The molecule has 1 atom stereocenters. The van der Waals surface area contributed by atoms with E-state index in [9.17, 15) is 18.0 Å². The van der Waals surface area contributed by atoms with Gasteiger partial charge in [0.05, 0.1) is 28.0 Å². The van der Waals surface area contributed by atoms with Crippen LogP contribution in [0.3, 0.4) is 0 Å². The molecule has 0 radical (unpaired) electrons. The number of hydrogen-bond acceptors (Lipinski definition) is 5. The summed E-state index contributed by atoms with van der Waals surface area (Å²) in [6, 6.07) is 4.25. The number of carbonyl (C=O) groups is 2. The summed E-state index contributed by atoms with van der Waals surface area (Å²) in [5.41, 5.74) is -0.803. The minimum Gasteiger partial charge on any atom is -0.376 e. The van der Waals surface area contributed by atoms with E-state index in [0.29, 0.717) is 17.5 Å². The second-order valence-electron chi connectivity index (χ2n) is 7.22. The monoisotopic (exact) mass is 400 g/mol. The van der Waals surface area contributed by atoms with Crippen LogP contribution in [0.4, 0.5) is 5.69 Å². The molecule has 1 unspecified atom stereocenters. The Bertz CT molecular complexity index is 847. The Morgan fingerprint density at radius 2 is 2.15 bits per heavy atom. The lowest BCUT2D eigenvalue weighted by molar-refractivity contribution is -0.123. The molecule has 2 fully saturated rings. The predicted molar refractivity (Wildman–Crippen MR) is 97.8 cm³/mol. The standard InChI is InChI=1S/C17H21ClN2O5S/c1-17(2)10-26(23,24)20(16(17)22)14-8-11(5-6-13(14)18)15(21)19-9-12-4-3-7-25-12/h5-6,8,12H,3-4,7,9-10H2,1-2H3,(H,19,21). The highest BCUT2D eigenvalue weighted by Gasteiger charge is 2.50. The van der Waals surface area contributed by atoms with Gasteiger partial charge in [-0.2, -0.15) is 0 Å². The normalized spacial score (nSPS) is 24.0. The van der Waals surface area contributed by atoms with E-state index in [4.69, 9.17) is 16.3 Å². The maximum atomic E-state index is 12.5. The van der Waals surface area contributed by atoms with Crippen LogP contribution in [-0.4, -0.2) is 45.2 Å². The van der Waals surface area contributed by atoms with Gasteiger partial charge in [-0.05, 0) is 44.9 Å². The fraction of sp³-hybridized carbons (Fsp3) is 0.529. The Hall–Kier alpha value is -1.64. The first-order chi connectivity index (χ1) is 12.1. The van der Waals surface area contributed by atoms with Crippen LogP contribution in [0.2, 0.25) is 5.02 Å². The topological polar surface area (TPSA) is 92.8 Å². The summed E-state index contributed by atoms with van der Waals surface area (Å²) in [5, 5.41) is 2.86. The lowest BCUT2D eigenvalue weighted by atomic mass is 9.95. The number of nitrogens with zero attached hydrogens (tertiary/aromatic N) is 1. The third kappa shape index (κ3) is 3.58. The van der Waals surface area contributed by atoms with Crippen molar-refractivity contribution in [3.63, 3.8) is 0 Å². The number of ether oxygens (including phenoxy) is 1. The van der Waals surface area contributed by atoms with Crippen molar-refractivity contribution in [3.8, 4) is 0 Å². The number of hydrogen-bond donors (Lipinski definition) is 1. The van der Waals surface area contributed by atoms with Gasteiger partial charge in [0.1, 0.15) is 0 Å². The quantitative estimate of drug-likeness (QED) is 0.833. The van der Waals surface area contributed by atoms with E-state index in [1.165, 1.54) is 18.2 Å². The maximum absolute atomic E-state index is 12.5. The van der Waals surface area contributed by atoms with Crippen molar-refractivity contribution < 1.29 is 22.7 Å². The zero-order valence-corrected chi connectivity index (χ0v) is 16.2. The molecule has 0 aromatic heterocycles. The van der Waals surface area contributed by atoms with Crippen molar-refractivity contribution in [2.45, 2.75) is 32.8 Å². The third-order valence-electron chi connectivity index (χ3n) is 4.53. The Morgan fingerprint density at radius 3 is 2.73 bits per heavy atom. The van der Waals surface area contributed by atoms with Crippen molar-refractivity contribution in [3.05, 3.63) is 28.8 Å². The van der Waals surface area contributed by atoms with Gasteiger partial charge in [0.15, 0.2) is 0 Å². The molecule has 3 rings (SSSR count). The van der Waals surface area contributed by atoms with Crippen molar-refractivity contribution in [2.24, 2.45) is 5.41 Å². The van der Waals surface area contributed by atoms with Crippen molar-refractivity contribution in [1.29, 1.82) is 0 Å². The van der Waals surface area contributed by atoms with E-state index in [1.54, 1.807) is 13.8 Å². The van der Waals surface area contributed by atoms with Crippen LogP contribution in [0.15, 0.2) is 18.2 Å². The molecular formula is C17H21ClN2O5S. The first-order valence-electron chi connectivity index (χ1n) is 8.39. The highest BCUT2D eigenvalue weighted by molar-refractivity contribution is 7.94. The number of carbonyl (C=O) groups excluding carboxylic acids is 2. The van der Waals surface area contributed by atoms with Crippen LogP contribution >= 0.6 is 11.6 Å². The lowest BCUT2D eigenvalue weighted by Crippen LogP contribution is -2.34. The summed E-state index contributed by atoms with van der Waals surface area (Å²) < 4.78 is 31.1. The SMILES string of the molecule is CC1(C)CS(=O)(=O)N(c2cc(C(=O)NCC3CCCO3)ccc2Cl)C1=O. The molecule has 2 amide bonds. The molecule has 7 nitrogen and oxygen atoms in total. The van der Waals surface area contributed by atoms with Gasteiger partial charge in [-0.25, -0.2) is 12.7 Å². The number of sulfonamides is 1. The third-order valence-corrected chi connectivity index (χ3v) is 6.85. The smallest absolute Gasteiger partial charge is 0.251 e. The zero-order valence-electron chi connectivity index (χ0n) is 14.6. The van der Waals surface area contributed by atoms with E-state index in [2.05, 4.69) is 5.32 Å². The van der Waals surface area contributed by atoms with Crippen molar-refractivity contribution in [1.82, 2.24) is 5.32 Å². The molecule has 26 heavy (non-hydrogen) atoms. The average molecular weight is 401 g/mol. The molecule has 1 N–H and O–H groups in total. The largest absolute Gasteiger partial charge is 0.376 e. The van der Waals surface area contributed by atoms with E-state index in [0.717, 1.165) is 12.8 Å². The molecule has 0 saturated carbocycles. The summed E-state index contributed by atoms with van der Waals surface area (Å²) in [4.78, 5) is 24.9. The fourth-order valence-electron chi connectivity index (χ4n) is 3.17. The Balaban J connectivity index is 1.86. The second-order valence-corrected chi connectivity index (χ2v) is 9.45. The van der Waals surface area contributed by atoms with Gasteiger partial charge < -0.3 is 10.1 Å². The summed E-state index contributed by atoms with van der Waals surface area (Å²) >= 11 is 6.14. The second kappa shape index (κ2) is 6.83. The van der Waals surface area contributed by atoms with E-state index in [-0.39, 0.29) is 34.0 Å². The average Bonchev–Trinajstić information content (AvgIpc) is 3.11. The Morgan fingerprint density at radius 1 is 1.42 bits per heavy atom. The van der Waals surface area contributed by atoms with Crippen LogP contribution in [0.5, 0.6) is 0 Å². The van der Waals surface area contributed by atoms with Crippen molar-refractivity contribution >= 4 is 39.1 Å². The van der Waals surface area contributed by atoms with Crippen LogP contribution in [0.25, 0.3) is 0 Å². The van der Waals surface area contributed by atoms with Crippen LogP contribution < -0.4 is 9.62 Å². The first kappa shape index (κ1) is 19.1. The Labute approximate surface area is 157 Å². The molecule has 0 spiro atoms. The zero-order chi connectivity index (χ0) is 19.1. The van der Waals surface area contributed by atoms with Gasteiger partial charge in [0, 0.05) is 18.7 Å².